The summed E-state index contributed by atoms with van der Waals surface area (Å²) in [7, 11) is -21.2. The number of aromatic nitrogens is 12. The summed E-state index contributed by atoms with van der Waals surface area (Å²) in [5.74, 6) is -3.07. The van der Waals surface area contributed by atoms with Crippen LogP contribution in [0.4, 0.5) is 17.8 Å². The van der Waals surface area contributed by atoms with Crippen molar-refractivity contribution < 1.29 is 108 Å². The van der Waals surface area contributed by atoms with E-state index in [0.29, 0.717) is 0 Å². The number of nitrogens with one attached hydrogen (secondary N) is 3. The Morgan fingerprint density at radius 3 is 1.70 bits per heavy atom. The van der Waals surface area contributed by atoms with Gasteiger partial charge in [-0.3, -0.25) is 61.4 Å². The number of aromatic amines is 3. The van der Waals surface area contributed by atoms with Gasteiger partial charge in [0.25, 0.3) is 22.3 Å². The largest absolute Gasteiger partial charge is 0.490 e. The molecule has 6 aromatic heterocycles. The number of ether oxygens (including phenoxy) is 4. The van der Waals surface area contributed by atoms with E-state index >= 15 is 0 Å². The average Bonchev–Trinajstić information content (AvgIpc) is 2.79. The number of phosphoric ester groups is 3. The molecular formula is C38H54N15O25P4+. The maximum absolute atomic E-state index is 13.8. The number of rotatable bonds is 23. The summed E-state index contributed by atoms with van der Waals surface area (Å²) in [5.41, 5.74) is 14.0. The first-order chi connectivity index (χ1) is 38.4. The number of aryl methyl sites for hydroxylation is 1. The minimum Gasteiger partial charge on any atom is -0.387 e. The zero-order chi connectivity index (χ0) is 59.7. The van der Waals surface area contributed by atoms with Gasteiger partial charge in [0, 0.05) is 18.9 Å². The molecule has 3 aliphatic heterocycles. The van der Waals surface area contributed by atoms with Gasteiger partial charge < -0.3 is 71.0 Å². The van der Waals surface area contributed by atoms with Crippen LogP contribution in [0, 0.1) is 11.8 Å². The number of aliphatic hydroxyl groups is 3. The van der Waals surface area contributed by atoms with Crippen molar-refractivity contribution in [2.45, 2.75) is 94.2 Å². The van der Waals surface area contributed by atoms with E-state index in [4.69, 9.17) is 54.2 Å². The van der Waals surface area contributed by atoms with Crippen LogP contribution in [-0.2, 0) is 75.8 Å². The molecule has 44 heteroatoms. The zero-order valence-electron chi connectivity index (χ0n) is 42.8. The Morgan fingerprint density at radius 1 is 0.671 bits per heavy atom. The number of carbonyl (C=O) groups is 1. The Hall–Kier alpha value is -5.64. The number of carbonyl (C=O) groups excluding carboxylic acids is 1. The minimum atomic E-state index is -6.26. The van der Waals surface area contributed by atoms with Crippen LogP contribution >= 0.6 is 31.3 Å². The molecule has 0 bridgehead atoms. The number of hydrogen-bond acceptors (Lipinski definition) is 29. The van der Waals surface area contributed by atoms with E-state index in [0.717, 1.165) is 28.9 Å². The van der Waals surface area contributed by atoms with Crippen LogP contribution in [0.5, 0.6) is 0 Å². The third-order valence-electron chi connectivity index (χ3n) is 13.4. The molecule has 9 heterocycles. The first kappa shape index (κ1) is 60.9. The Kier molecular flexibility index (Phi) is 17.2. The number of nitrogens with two attached hydrogens (primary N) is 3. The third-order valence-corrected chi connectivity index (χ3v) is 18.7. The smallest absolute Gasteiger partial charge is 0.387 e. The lowest BCUT2D eigenvalue weighted by Gasteiger charge is -2.26. The molecule has 17 atom stereocenters. The lowest BCUT2D eigenvalue weighted by atomic mass is 9.84. The minimum absolute atomic E-state index is 0.00651. The van der Waals surface area contributed by atoms with Gasteiger partial charge >= 0.3 is 36.9 Å². The highest BCUT2D eigenvalue weighted by molar-refractivity contribution is 7.66. The fourth-order valence-electron chi connectivity index (χ4n) is 9.69. The normalized spacial score (nSPS) is 29.3. The van der Waals surface area contributed by atoms with E-state index in [9.17, 15) is 72.3 Å². The van der Waals surface area contributed by atoms with Crippen LogP contribution in [0.15, 0.2) is 33.4 Å². The summed E-state index contributed by atoms with van der Waals surface area (Å²) in [5, 5.41) is 33.4. The van der Waals surface area contributed by atoms with Gasteiger partial charge in [0.1, 0.15) is 48.5 Å². The molecule has 9 rings (SSSR count). The Labute approximate surface area is 456 Å². The molecule has 3 fully saturated rings. The SMILES string of the molecule is CCC(C[C@@H]1[C@@H](COP(=O)(O)OP(=O)(O)OP(=O)(O)OC[C@H]2O[C@@H](n3cnc4c(=O)[nH]c(N)nc43)[C@H](OC)[C@@H]2OP(=O)(O)OC[C@H]2O[C@@H](n3cnc4c(=O)[nH]c(N)nc43)[C@H](O)[C@@H]2O)OC(n2c[n+](C)c3c(=O)[nH]c(N)nc32)[C@@H]1O)C(C)=O. The predicted octanol–water partition coefficient (Wildman–Crippen LogP) is -3.16. The molecule has 0 radical (unpaired) electrons. The van der Waals surface area contributed by atoms with Crippen molar-refractivity contribution in [2.24, 2.45) is 18.9 Å². The van der Waals surface area contributed by atoms with E-state index in [2.05, 4.69) is 48.5 Å². The molecule has 6 aromatic rings. The number of Topliss-reactive ketones (excluding diaryl/α,β-unsaturated/α-hetero) is 1. The second-order valence-corrected chi connectivity index (χ2v) is 24.8. The molecule has 3 aliphatic rings. The highest BCUT2D eigenvalue weighted by Crippen LogP contribution is 2.68. The monoisotopic (exact) mass is 1240 g/mol. The number of phosphoric acid groups is 4. The van der Waals surface area contributed by atoms with Crippen LogP contribution < -0.4 is 38.4 Å². The lowest BCUT2D eigenvalue weighted by molar-refractivity contribution is -0.646. The Balaban J connectivity index is 0.890. The predicted molar refractivity (Wildman–Crippen MR) is 268 cm³/mol. The lowest BCUT2D eigenvalue weighted by Crippen LogP contribution is -2.38. The van der Waals surface area contributed by atoms with Gasteiger partial charge in [0.2, 0.25) is 30.4 Å². The van der Waals surface area contributed by atoms with Crippen molar-refractivity contribution in [2.75, 3.05) is 44.1 Å². The van der Waals surface area contributed by atoms with Gasteiger partial charge in [-0.2, -0.15) is 28.1 Å². The van der Waals surface area contributed by atoms with Gasteiger partial charge in [0.05, 0.1) is 45.6 Å². The number of hydrogen-bond donors (Lipinski definition) is 13. The van der Waals surface area contributed by atoms with E-state index in [1.54, 1.807) is 6.92 Å². The van der Waals surface area contributed by atoms with Crippen molar-refractivity contribution in [1.29, 1.82) is 0 Å². The molecule has 450 valence electrons. The Morgan fingerprint density at radius 2 is 1.15 bits per heavy atom. The molecule has 3 saturated heterocycles. The highest BCUT2D eigenvalue weighted by atomic mass is 31.3. The van der Waals surface area contributed by atoms with Gasteiger partial charge in [-0.25, -0.2) is 32.8 Å². The van der Waals surface area contributed by atoms with E-state index in [1.807, 2.05) is 0 Å². The topological polar surface area (TPSA) is 579 Å². The summed E-state index contributed by atoms with van der Waals surface area (Å²) < 4.78 is 111. The summed E-state index contributed by atoms with van der Waals surface area (Å²) >= 11 is 0. The summed E-state index contributed by atoms with van der Waals surface area (Å²) in [6.45, 7) is -0.356. The molecule has 0 saturated carbocycles. The maximum atomic E-state index is 13.8. The number of methoxy groups -OCH3 is 1. The highest BCUT2D eigenvalue weighted by Gasteiger charge is 2.54. The van der Waals surface area contributed by atoms with E-state index in [1.165, 1.54) is 29.4 Å². The van der Waals surface area contributed by atoms with Gasteiger partial charge in [-0.05, 0) is 19.8 Å². The van der Waals surface area contributed by atoms with Crippen molar-refractivity contribution in [3.8, 4) is 0 Å². The number of nitrogen functional groups attached to an aromatic ring is 3. The van der Waals surface area contributed by atoms with Crippen LogP contribution in [0.3, 0.4) is 0 Å². The first-order valence-electron chi connectivity index (χ1n) is 24.0. The quantitative estimate of drug-likeness (QED) is 0.0222. The molecule has 16 N–H and O–H groups in total. The van der Waals surface area contributed by atoms with Crippen molar-refractivity contribution in [3.63, 3.8) is 0 Å². The number of anilines is 3. The molecule has 40 nitrogen and oxygen atoms in total. The zero-order valence-corrected chi connectivity index (χ0v) is 46.4. The van der Waals surface area contributed by atoms with Gasteiger partial charge in [0.15, 0.2) is 34.8 Å². The first-order valence-corrected chi connectivity index (χ1v) is 30.0. The number of H-pyrrole nitrogens is 3. The van der Waals surface area contributed by atoms with Gasteiger partial charge in [-0.15, -0.1) is 0 Å². The van der Waals surface area contributed by atoms with Crippen molar-refractivity contribution in [3.05, 3.63) is 50.0 Å². The molecule has 82 heavy (non-hydrogen) atoms. The molecule has 6 unspecified atom stereocenters. The van der Waals surface area contributed by atoms with Crippen LogP contribution in [0.2, 0.25) is 0 Å². The number of imidazole rings is 3. The summed E-state index contributed by atoms with van der Waals surface area (Å²) in [6, 6.07) is 0. The standard InChI is InChI=1S/C38H53N15O25P4/c1-5-14(13(2)54)6-15-16(73-33(22(15)55)53-12-50(3)21-29(53)46-38(41)49-32(21)60)7-71-80(63,64)77-82(67,68)78-81(65,66)72-9-18-25(26(69-4)35(75-18)52-11-43-20-28(52)45-37(40)48-31(20)59)76-79(61,62)70-8-17-23(56)24(57)34(74-17)51-10-42-19-27(51)44-36(39)47-30(19)58/h10-12,14-18,22-26,33-35,55-57H,5-9H2,1-4H3,(H12-,39,40,41,44,45,46,47,48,49,58,59,60,61,62,63,64,65,66,67,68)/p+1/t14?,15-,16-,17-,18-,22-,23-,24-,25-,26-,33?,34-,35-/m1/s1. The molecule has 0 aromatic carbocycles. The molecule has 0 amide bonds. The Bertz CT molecular complexity index is 3800. The summed E-state index contributed by atoms with van der Waals surface area (Å²) in [4.78, 5) is 120. The fraction of sp³-hybridized carbons (Fsp3) is 0.579. The number of nitrogens with zero attached hydrogens (tertiary/aromatic N) is 9. The summed E-state index contributed by atoms with van der Waals surface area (Å²) in [6.07, 6.45) is -14.7. The number of ketones is 1. The molecular weight excluding hydrogens is 1190 g/mol. The van der Waals surface area contributed by atoms with E-state index < -0.39 is 153 Å². The van der Waals surface area contributed by atoms with Crippen LogP contribution in [0.1, 0.15) is 45.4 Å². The number of fused-ring (bicyclic) bond motifs is 3. The van der Waals surface area contributed by atoms with Crippen LogP contribution in [0.25, 0.3) is 33.5 Å². The molecule has 0 spiro atoms. The second-order valence-electron chi connectivity index (χ2n) is 18.8. The average molecular weight is 1240 g/mol. The molecule has 0 aliphatic carbocycles. The fourth-order valence-corrected chi connectivity index (χ4v) is 14.2. The second kappa shape index (κ2) is 23.1. The van der Waals surface area contributed by atoms with Crippen molar-refractivity contribution >= 4 is 88.4 Å². The maximum Gasteiger partial charge on any atom is 0.490 e. The van der Waals surface area contributed by atoms with Gasteiger partial charge in [-0.1, -0.05) is 6.92 Å². The van der Waals surface area contributed by atoms with E-state index in [-0.39, 0.29) is 64.0 Å². The number of aliphatic hydroxyl groups excluding tert-OH is 3. The van der Waals surface area contributed by atoms with Crippen molar-refractivity contribution in [1.82, 2.24) is 53.6 Å². The third kappa shape index (κ3) is 12.4. The van der Waals surface area contributed by atoms with Crippen LogP contribution in [-0.4, -0.2) is 170 Å².